The average Bonchev–Trinajstić information content (AvgIpc) is 3.20. The van der Waals surface area contributed by atoms with Crippen molar-refractivity contribution in [1.82, 2.24) is 20.3 Å². The van der Waals surface area contributed by atoms with Crippen LogP contribution in [0.3, 0.4) is 0 Å². The number of carbonyl (C=O) groups excluding carboxylic acids is 1. The van der Waals surface area contributed by atoms with Crippen LogP contribution < -0.4 is 10.6 Å². The van der Waals surface area contributed by atoms with E-state index in [4.69, 9.17) is 4.74 Å². The number of halogens is 1. The minimum Gasteiger partial charge on any atom is -0.371 e. The predicted molar refractivity (Wildman–Crippen MR) is 97.3 cm³/mol. The molecule has 7 nitrogen and oxygen atoms in total. The van der Waals surface area contributed by atoms with Crippen LogP contribution in [0.1, 0.15) is 22.2 Å². The molecule has 0 bridgehead atoms. The first-order chi connectivity index (χ1) is 13.2. The van der Waals surface area contributed by atoms with Crippen molar-refractivity contribution < 1.29 is 13.9 Å². The summed E-state index contributed by atoms with van der Waals surface area (Å²) in [5.74, 6) is -0.707. The van der Waals surface area contributed by atoms with Gasteiger partial charge in [0.1, 0.15) is 5.82 Å². The Kier molecular flexibility index (Phi) is 4.91. The summed E-state index contributed by atoms with van der Waals surface area (Å²) in [5.41, 5.74) is 2.50. The third-order valence-corrected chi connectivity index (χ3v) is 4.29. The number of aromatic nitrogens is 3. The molecule has 27 heavy (non-hydrogen) atoms. The third kappa shape index (κ3) is 4.02. The molecule has 8 heteroatoms. The SMILES string of the molecule is O=C(Nc1ccc(C2CNCCO2)cc1)c1cn(-c2ccc(F)cc2)nn1. The molecule has 0 radical (unpaired) electrons. The molecule has 1 aliphatic heterocycles. The molecule has 1 atom stereocenters. The zero-order valence-electron chi connectivity index (χ0n) is 14.4. The fourth-order valence-electron chi connectivity index (χ4n) is 2.84. The third-order valence-electron chi connectivity index (χ3n) is 4.29. The molecule has 2 heterocycles. The second-order valence-corrected chi connectivity index (χ2v) is 6.16. The minimum atomic E-state index is -0.369. The van der Waals surface area contributed by atoms with Crippen molar-refractivity contribution >= 4 is 11.6 Å². The first kappa shape index (κ1) is 17.3. The van der Waals surface area contributed by atoms with E-state index >= 15 is 0 Å². The number of hydrogen-bond donors (Lipinski definition) is 2. The lowest BCUT2D eigenvalue weighted by Crippen LogP contribution is -2.33. The van der Waals surface area contributed by atoms with E-state index in [0.29, 0.717) is 18.0 Å². The van der Waals surface area contributed by atoms with E-state index in [-0.39, 0.29) is 23.5 Å². The van der Waals surface area contributed by atoms with E-state index in [2.05, 4.69) is 20.9 Å². The molecule has 2 N–H and O–H groups in total. The van der Waals surface area contributed by atoms with Gasteiger partial charge in [0, 0.05) is 18.8 Å². The fourth-order valence-corrected chi connectivity index (χ4v) is 2.84. The predicted octanol–water partition coefficient (Wildman–Crippen LogP) is 2.32. The highest BCUT2D eigenvalue weighted by Crippen LogP contribution is 2.21. The normalized spacial score (nSPS) is 16.9. The minimum absolute atomic E-state index is 0.0270. The summed E-state index contributed by atoms with van der Waals surface area (Å²) in [6.07, 6.45) is 1.53. The van der Waals surface area contributed by atoms with E-state index in [1.807, 2.05) is 24.3 Å². The zero-order valence-corrected chi connectivity index (χ0v) is 14.4. The molecule has 1 unspecified atom stereocenters. The number of ether oxygens (including phenoxy) is 1. The van der Waals surface area contributed by atoms with E-state index in [9.17, 15) is 9.18 Å². The molecule has 1 aromatic heterocycles. The molecular formula is C19H18FN5O2. The lowest BCUT2D eigenvalue weighted by molar-refractivity contribution is 0.0277. The standard InChI is InChI=1S/C19H18FN5O2/c20-14-3-7-16(8-4-14)25-12-17(23-24-25)19(26)22-15-5-1-13(2-6-15)18-11-21-9-10-27-18/h1-8,12,18,21H,9-11H2,(H,22,26). The molecule has 0 spiro atoms. The molecule has 1 amide bonds. The van der Waals surface area contributed by atoms with E-state index in [0.717, 1.165) is 18.7 Å². The summed E-state index contributed by atoms with van der Waals surface area (Å²) < 4.78 is 20.1. The van der Waals surface area contributed by atoms with Gasteiger partial charge in [0.05, 0.1) is 24.6 Å². The van der Waals surface area contributed by atoms with Crippen molar-refractivity contribution in [3.63, 3.8) is 0 Å². The summed E-state index contributed by atoms with van der Waals surface area (Å²) in [7, 11) is 0. The maximum atomic E-state index is 13.0. The summed E-state index contributed by atoms with van der Waals surface area (Å²) in [6, 6.07) is 13.3. The van der Waals surface area contributed by atoms with Gasteiger partial charge in [-0.3, -0.25) is 4.79 Å². The largest absolute Gasteiger partial charge is 0.371 e. The Morgan fingerprint density at radius 1 is 1.19 bits per heavy atom. The summed E-state index contributed by atoms with van der Waals surface area (Å²) in [4.78, 5) is 12.4. The van der Waals surface area contributed by atoms with Gasteiger partial charge >= 0.3 is 0 Å². The molecule has 0 aliphatic carbocycles. The summed E-state index contributed by atoms with van der Waals surface area (Å²) >= 11 is 0. The van der Waals surface area contributed by atoms with Crippen LogP contribution in [-0.4, -0.2) is 40.6 Å². The second-order valence-electron chi connectivity index (χ2n) is 6.16. The number of rotatable bonds is 4. The van der Waals surface area contributed by atoms with Gasteiger partial charge in [0.2, 0.25) is 0 Å². The Bertz CT molecular complexity index is 918. The Morgan fingerprint density at radius 3 is 2.67 bits per heavy atom. The number of amides is 1. The van der Waals surface area contributed by atoms with Crippen LogP contribution in [-0.2, 0) is 4.74 Å². The number of carbonyl (C=O) groups is 1. The van der Waals surface area contributed by atoms with Crippen molar-refractivity contribution in [1.29, 1.82) is 0 Å². The molecule has 1 saturated heterocycles. The number of nitrogens with one attached hydrogen (secondary N) is 2. The lowest BCUT2D eigenvalue weighted by Gasteiger charge is -2.24. The molecule has 0 saturated carbocycles. The van der Waals surface area contributed by atoms with Crippen molar-refractivity contribution in [2.45, 2.75) is 6.10 Å². The van der Waals surface area contributed by atoms with Crippen molar-refractivity contribution in [2.24, 2.45) is 0 Å². The lowest BCUT2D eigenvalue weighted by atomic mass is 10.1. The van der Waals surface area contributed by atoms with Crippen LogP contribution in [0.5, 0.6) is 0 Å². The van der Waals surface area contributed by atoms with Crippen LogP contribution >= 0.6 is 0 Å². The highest BCUT2D eigenvalue weighted by Gasteiger charge is 2.16. The van der Waals surface area contributed by atoms with Gasteiger partial charge in [-0.05, 0) is 42.0 Å². The van der Waals surface area contributed by atoms with Crippen molar-refractivity contribution in [2.75, 3.05) is 25.0 Å². The second kappa shape index (κ2) is 7.65. The van der Waals surface area contributed by atoms with Crippen LogP contribution in [0.2, 0.25) is 0 Å². The van der Waals surface area contributed by atoms with Crippen molar-refractivity contribution in [3.05, 3.63) is 71.8 Å². The maximum Gasteiger partial charge on any atom is 0.277 e. The Balaban J connectivity index is 1.42. The quantitative estimate of drug-likeness (QED) is 0.740. The topological polar surface area (TPSA) is 81.1 Å². The van der Waals surface area contributed by atoms with Crippen molar-refractivity contribution in [3.8, 4) is 5.69 Å². The van der Waals surface area contributed by atoms with Crippen LogP contribution in [0.15, 0.2) is 54.7 Å². The summed E-state index contributed by atoms with van der Waals surface area (Å²) in [5, 5.41) is 13.9. The van der Waals surface area contributed by atoms with E-state index in [1.54, 1.807) is 12.1 Å². The number of morpholine rings is 1. The molecule has 2 aromatic carbocycles. The Morgan fingerprint density at radius 2 is 1.96 bits per heavy atom. The fraction of sp³-hybridized carbons (Fsp3) is 0.211. The van der Waals surface area contributed by atoms with E-state index in [1.165, 1.54) is 23.0 Å². The number of hydrogen-bond acceptors (Lipinski definition) is 5. The molecular weight excluding hydrogens is 349 g/mol. The average molecular weight is 367 g/mol. The van der Waals surface area contributed by atoms with Gasteiger partial charge < -0.3 is 15.4 Å². The van der Waals surface area contributed by atoms with Gasteiger partial charge in [-0.2, -0.15) is 0 Å². The highest BCUT2D eigenvalue weighted by molar-refractivity contribution is 6.02. The Hall–Kier alpha value is -3.10. The number of nitrogens with zero attached hydrogens (tertiary/aromatic N) is 3. The van der Waals surface area contributed by atoms with E-state index < -0.39 is 0 Å². The first-order valence-electron chi connectivity index (χ1n) is 8.61. The smallest absolute Gasteiger partial charge is 0.277 e. The Labute approximate surface area is 155 Å². The maximum absolute atomic E-state index is 13.0. The van der Waals surface area contributed by atoms with Gasteiger partial charge in [-0.15, -0.1) is 5.10 Å². The van der Waals surface area contributed by atoms with Gasteiger partial charge in [-0.1, -0.05) is 17.3 Å². The summed E-state index contributed by atoms with van der Waals surface area (Å²) in [6.45, 7) is 2.33. The number of benzene rings is 2. The monoisotopic (exact) mass is 367 g/mol. The molecule has 3 aromatic rings. The van der Waals surface area contributed by atoms with Gasteiger partial charge in [-0.25, -0.2) is 9.07 Å². The number of anilines is 1. The highest BCUT2D eigenvalue weighted by atomic mass is 19.1. The molecule has 138 valence electrons. The zero-order chi connectivity index (χ0) is 18.6. The van der Waals surface area contributed by atoms with Gasteiger partial charge in [0.15, 0.2) is 5.69 Å². The van der Waals surface area contributed by atoms with Crippen LogP contribution in [0.4, 0.5) is 10.1 Å². The van der Waals surface area contributed by atoms with Gasteiger partial charge in [0.25, 0.3) is 5.91 Å². The molecule has 4 rings (SSSR count). The van der Waals surface area contributed by atoms with Crippen LogP contribution in [0.25, 0.3) is 5.69 Å². The first-order valence-corrected chi connectivity index (χ1v) is 8.61. The van der Waals surface area contributed by atoms with Crippen LogP contribution in [0, 0.1) is 5.82 Å². The molecule has 1 fully saturated rings. The molecule has 1 aliphatic rings.